The smallest absolute Gasteiger partial charge is 0.319 e. The van der Waals surface area contributed by atoms with E-state index in [1.54, 1.807) is 0 Å². The van der Waals surface area contributed by atoms with Gasteiger partial charge in [-0.3, -0.25) is 4.90 Å². The number of benzene rings is 1. The number of phenolic OH excluding ortho intramolecular Hbond substituents is 1. The number of piperazine rings is 1. The number of hydrogen-bond donors (Lipinski definition) is 2. The molecule has 2 bridgehead atoms. The van der Waals surface area contributed by atoms with Gasteiger partial charge in [0, 0.05) is 42.2 Å². The first-order valence-electron chi connectivity index (χ1n) is 15.5. The predicted molar refractivity (Wildman–Crippen MR) is 156 cm³/mol. The molecule has 0 unspecified atom stereocenters. The van der Waals surface area contributed by atoms with Crippen molar-refractivity contribution in [3.05, 3.63) is 28.5 Å². The predicted octanol–water partition coefficient (Wildman–Crippen LogP) is 4.72. The number of rotatable bonds is 5. The van der Waals surface area contributed by atoms with E-state index in [1.807, 2.05) is 0 Å². The third kappa shape index (κ3) is 4.10. The number of fused-ring (bicyclic) bond motifs is 6. The molecule has 43 heavy (non-hydrogen) atoms. The Balaban J connectivity index is 1.21. The quantitative estimate of drug-likeness (QED) is 0.425. The van der Waals surface area contributed by atoms with Gasteiger partial charge in [0.2, 0.25) is 5.88 Å². The maximum atomic E-state index is 16.8. The molecule has 5 atom stereocenters. The highest BCUT2D eigenvalue weighted by Crippen LogP contribution is 2.50. The van der Waals surface area contributed by atoms with Crippen LogP contribution in [0.4, 0.5) is 14.6 Å². The molecule has 3 aromatic rings. The summed E-state index contributed by atoms with van der Waals surface area (Å²) in [6.45, 7) is 2.56. The van der Waals surface area contributed by atoms with Crippen LogP contribution in [-0.4, -0.2) is 87.6 Å². The van der Waals surface area contributed by atoms with E-state index in [-0.39, 0.29) is 53.5 Å². The fraction of sp³-hybridized carbons (Fsp3) is 0.581. The number of pyridine rings is 1. The summed E-state index contributed by atoms with van der Waals surface area (Å²) in [6.07, 6.45) is 5.31. The number of hydrogen-bond acceptors (Lipinski definition) is 9. The maximum Gasteiger partial charge on any atom is 0.319 e. The molecule has 1 aromatic carbocycles. The standard InChI is InChI=1S/C31H33ClF2N6O3/c32-20-9-18(41)8-19(23(20)15-2-3-15)26-25(34)27-24-28(40-12-17-4-5-21(35-17)22(40)13-42-29(24)36-26)38-30(37-27)43-14-31-6-1-7-39(31)11-16(33)10-31/h8-9,15-17,21-22,35,41H,1-7,10-14H2/t16-,17+,21-,22-,31+/m1/s1. The van der Waals surface area contributed by atoms with Crippen LogP contribution in [0.3, 0.4) is 0 Å². The highest BCUT2D eigenvalue weighted by molar-refractivity contribution is 6.32. The van der Waals surface area contributed by atoms with Crippen LogP contribution in [0.15, 0.2) is 12.1 Å². The van der Waals surface area contributed by atoms with E-state index >= 15 is 4.39 Å². The number of aromatic nitrogens is 3. The van der Waals surface area contributed by atoms with Crippen molar-refractivity contribution in [1.29, 1.82) is 0 Å². The summed E-state index contributed by atoms with van der Waals surface area (Å²) in [7, 11) is 0. The van der Waals surface area contributed by atoms with E-state index in [0.717, 1.165) is 50.6 Å². The molecular weight excluding hydrogens is 578 g/mol. The van der Waals surface area contributed by atoms with Gasteiger partial charge in [-0.15, -0.1) is 0 Å². The van der Waals surface area contributed by atoms with Crippen LogP contribution < -0.4 is 19.7 Å². The van der Waals surface area contributed by atoms with Crippen LogP contribution in [-0.2, 0) is 0 Å². The Morgan fingerprint density at radius 1 is 1.16 bits per heavy atom. The molecule has 5 aliphatic heterocycles. The van der Waals surface area contributed by atoms with Gasteiger partial charge in [0.05, 0.1) is 11.6 Å². The summed E-state index contributed by atoms with van der Waals surface area (Å²) in [4.78, 5) is 18.7. The van der Waals surface area contributed by atoms with Crippen molar-refractivity contribution in [2.45, 2.75) is 80.7 Å². The first-order valence-corrected chi connectivity index (χ1v) is 15.9. The second-order valence-corrected chi connectivity index (χ2v) is 13.6. The minimum absolute atomic E-state index is 0.0197. The third-order valence-corrected chi connectivity index (χ3v) is 10.8. The van der Waals surface area contributed by atoms with Crippen LogP contribution in [0.25, 0.3) is 22.2 Å². The molecule has 0 spiro atoms. The lowest BCUT2D eigenvalue weighted by Gasteiger charge is -2.40. The molecule has 9 nitrogen and oxygen atoms in total. The topological polar surface area (TPSA) is 95.9 Å². The minimum Gasteiger partial charge on any atom is -0.508 e. The fourth-order valence-corrected chi connectivity index (χ4v) is 8.76. The second kappa shape index (κ2) is 9.49. The van der Waals surface area contributed by atoms with Gasteiger partial charge < -0.3 is 24.8 Å². The van der Waals surface area contributed by atoms with Crippen LogP contribution in [0.1, 0.15) is 56.4 Å². The Kier molecular flexibility index (Phi) is 5.82. The van der Waals surface area contributed by atoms with Crippen molar-refractivity contribution < 1.29 is 23.4 Å². The number of anilines is 1. The monoisotopic (exact) mass is 610 g/mol. The molecule has 4 saturated heterocycles. The largest absolute Gasteiger partial charge is 0.508 e. The zero-order valence-corrected chi connectivity index (χ0v) is 24.4. The zero-order valence-electron chi connectivity index (χ0n) is 23.7. The molecule has 2 aromatic heterocycles. The Hall–Kier alpha value is -3.02. The van der Waals surface area contributed by atoms with E-state index < -0.39 is 17.5 Å². The van der Waals surface area contributed by atoms with E-state index in [1.165, 1.54) is 12.1 Å². The maximum absolute atomic E-state index is 16.8. The summed E-state index contributed by atoms with van der Waals surface area (Å²) in [6, 6.07) is 3.57. The molecule has 6 aliphatic rings. The molecule has 1 saturated carbocycles. The molecule has 7 heterocycles. The SMILES string of the molecule is Oc1cc(Cl)c(C2CC2)c(-c2nc3c4c(nc(OC[C@@]56CCCN5C[C@H](F)C6)nc4c2F)N2C[C@@H]4CC[C@@H](N4)[C@H]2CO3)c1. The molecule has 0 amide bonds. The Bertz CT molecular complexity index is 1660. The lowest BCUT2D eigenvalue weighted by atomic mass is 9.95. The van der Waals surface area contributed by atoms with Crippen molar-refractivity contribution in [1.82, 2.24) is 25.2 Å². The highest BCUT2D eigenvalue weighted by atomic mass is 35.5. The summed E-state index contributed by atoms with van der Waals surface area (Å²) in [5.74, 6) is 0.292. The Labute approximate surface area is 252 Å². The number of alkyl halides is 1. The Morgan fingerprint density at radius 3 is 2.91 bits per heavy atom. The fourth-order valence-electron chi connectivity index (χ4n) is 8.39. The van der Waals surface area contributed by atoms with E-state index in [0.29, 0.717) is 53.9 Å². The molecule has 9 rings (SSSR count). The summed E-state index contributed by atoms with van der Waals surface area (Å²) >= 11 is 6.60. The van der Waals surface area contributed by atoms with Gasteiger partial charge in [-0.1, -0.05) is 11.6 Å². The van der Waals surface area contributed by atoms with Gasteiger partial charge in [0.15, 0.2) is 5.82 Å². The number of ether oxygens (including phenoxy) is 2. The molecule has 0 radical (unpaired) electrons. The van der Waals surface area contributed by atoms with Crippen LogP contribution in [0.2, 0.25) is 5.02 Å². The van der Waals surface area contributed by atoms with Crippen molar-refractivity contribution in [2.75, 3.05) is 37.7 Å². The average Bonchev–Trinajstić information content (AvgIpc) is 3.56. The van der Waals surface area contributed by atoms with Gasteiger partial charge in [0.25, 0.3) is 0 Å². The number of phenols is 1. The second-order valence-electron chi connectivity index (χ2n) is 13.2. The highest BCUT2D eigenvalue weighted by Gasteiger charge is 2.50. The Morgan fingerprint density at radius 2 is 2.05 bits per heavy atom. The normalized spacial score (nSPS) is 31.2. The van der Waals surface area contributed by atoms with Gasteiger partial charge in [-0.05, 0) is 68.7 Å². The van der Waals surface area contributed by atoms with Gasteiger partial charge in [-0.2, -0.15) is 9.97 Å². The van der Waals surface area contributed by atoms with E-state index in [9.17, 15) is 9.50 Å². The molecule has 1 aliphatic carbocycles. The zero-order chi connectivity index (χ0) is 29.0. The molecule has 12 heteroatoms. The lowest BCUT2D eigenvalue weighted by Crippen LogP contribution is -2.60. The molecule has 5 fully saturated rings. The minimum atomic E-state index is -0.885. The van der Waals surface area contributed by atoms with Crippen LogP contribution in [0.5, 0.6) is 17.6 Å². The van der Waals surface area contributed by atoms with E-state index in [2.05, 4.69) is 20.1 Å². The van der Waals surface area contributed by atoms with Crippen LogP contribution in [0, 0.1) is 5.82 Å². The first kappa shape index (κ1) is 26.4. The number of nitrogens with zero attached hydrogens (tertiary/aromatic N) is 5. The van der Waals surface area contributed by atoms with Gasteiger partial charge in [-0.25, -0.2) is 13.8 Å². The molecular formula is C31H33ClF2N6O3. The van der Waals surface area contributed by atoms with Crippen molar-refractivity contribution in [2.24, 2.45) is 0 Å². The van der Waals surface area contributed by atoms with Gasteiger partial charge in [0.1, 0.15) is 47.5 Å². The van der Waals surface area contributed by atoms with Crippen molar-refractivity contribution >= 4 is 28.3 Å². The van der Waals surface area contributed by atoms with Crippen molar-refractivity contribution in [3.63, 3.8) is 0 Å². The first-order chi connectivity index (χ1) is 20.9. The number of nitrogens with one attached hydrogen (secondary N) is 1. The third-order valence-electron chi connectivity index (χ3n) is 10.5. The summed E-state index contributed by atoms with van der Waals surface area (Å²) in [5.41, 5.74) is 0.920. The van der Waals surface area contributed by atoms with Crippen molar-refractivity contribution in [3.8, 4) is 28.9 Å². The average molecular weight is 611 g/mol. The summed E-state index contributed by atoms with van der Waals surface area (Å²) in [5, 5.41) is 15.0. The number of halogens is 3. The molecule has 226 valence electrons. The summed E-state index contributed by atoms with van der Waals surface area (Å²) < 4.78 is 44.0. The van der Waals surface area contributed by atoms with Crippen LogP contribution >= 0.6 is 11.6 Å². The lowest BCUT2D eigenvalue weighted by molar-refractivity contribution is 0.107. The number of aromatic hydroxyl groups is 1. The molecule has 2 N–H and O–H groups in total. The van der Waals surface area contributed by atoms with E-state index in [4.69, 9.17) is 31.0 Å². The van der Waals surface area contributed by atoms with Gasteiger partial charge >= 0.3 is 6.01 Å².